The van der Waals surface area contributed by atoms with Gasteiger partial charge in [-0.05, 0) is 56.7 Å². The molecule has 1 saturated heterocycles. The van der Waals surface area contributed by atoms with Crippen LogP contribution in [0.1, 0.15) is 27.7 Å². The zero-order valence-corrected chi connectivity index (χ0v) is 17.6. The molecular weight excluding hydrogens is 371 g/mol. The molecule has 0 radical (unpaired) electrons. The summed E-state index contributed by atoms with van der Waals surface area (Å²) >= 11 is 0. The fourth-order valence-corrected chi connectivity index (χ4v) is 4.46. The number of imidazole rings is 1. The molecule has 30 heavy (non-hydrogen) atoms. The van der Waals surface area contributed by atoms with Crippen LogP contribution >= 0.6 is 0 Å². The van der Waals surface area contributed by atoms with Crippen molar-refractivity contribution in [3.63, 3.8) is 0 Å². The van der Waals surface area contributed by atoms with E-state index in [4.69, 9.17) is 14.3 Å². The topological polar surface area (TPSA) is 35.8 Å². The Bertz CT molecular complexity index is 1450. The van der Waals surface area contributed by atoms with E-state index >= 15 is 0 Å². The van der Waals surface area contributed by atoms with Crippen molar-refractivity contribution >= 4 is 50.9 Å². The Morgan fingerprint density at radius 1 is 0.733 bits per heavy atom. The molecule has 0 amide bonds. The van der Waals surface area contributed by atoms with Gasteiger partial charge in [0, 0.05) is 10.8 Å². The van der Waals surface area contributed by atoms with Crippen LogP contribution in [-0.4, -0.2) is 27.7 Å². The quantitative estimate of drug-likeness (QED) is 0.293. The van der Waals surface area contributed by atoms with Crippen molar-refractivity contribution in [1.29, 1.82) is 0 Å². The molecule has 0 spiro atoms. The highest BCUT2D eigenvalue weighted by molar-refractivity contribution is 6.62. The third-order valence-corrected chi connectivity index (χ3v) is 6.81. The number of rotatable bonds is 1. The van der Waals surface area contributed by atoms with Gasteiger partial charge >= 0.3 is 7.12 Å². The van der Waals surface area contributed by atoms with Crippen molar-refractivity contribution in [3.05, 3.63) is 66.7 Å². The first-order chi connectivity index (χ1) is 14.4. The van der Waals surface area contributed by atoms with Gasteiger partial charge in [0.05, 0.1) is 27.8 Å². The summed E-state index contributed by atoms with van der Waals surface area (Å²) in [5.74, 6) is 0. The first kappa shape index (κ1) is 17.9. The molecule has 0 bridgehead atoms. The van der Waals surface area contributed by atoms with Crippen LogP contribution in [-0.2, 0) is 9.31 Å². The third kappa shape index (κ3) is 2.33. The van der Waals surface area contributed by atoms with E-state index in [0.717, 1.165) is 33.0 Å². The van der Waals surface area contributed by atoms with Crippen molar-refractivity contribution in [2.45, 2.75) is 38.9 Å². The van der Waals surface area contributed by atoms with Crippen molar-refractivity contribution in [3.8, 4) is 0 Å². The lowest BCUT2D eigenvalue weighted by Crippen LogP contribution is -2.41. The molecule has 1 aliphatic rings. The summed E-state index contributed by atoms with van der Waals surface area (Å²) in [6.07, 6.45) is 0. The molecule has 5 heteroatoms. The van der Waals surface area contributed by atoms with Crippen molar-refractivity contribution in [1.82, 2.24) is 9.38 Å². The standard InChI is InChI=1S/C25H23BN2O2/c1-24(2)25(3,4)30-26(29-24)16-13-14-22-20(15-16)27-23-19-11-6-5-9-17(19)18-10-7-8-12-21(18)28(22)23/h5-15H,1-4H3. The van der Waals surface area contributed by atoms with Gasteiger partial charge in [-0.2, -0.15) is 0 Å². The van der Waals surface area contributed by atoms with Gasteiger partial charge in [0.2, 0.25) is 0 Å². The molecule has 0 saturated carbocycles. The molecule has 4 nitrogen and oxygen atoms in total. The predicted octanol–water partition coefficient (Wildman–Crippen LogP) is 5.09. The summed E-state index contributed by atoms with van der Waals surface area (Å²) in [4.78, 5) is 5.05. The van der Waals surface area contributed by atoms with E-state index in [1.54, 1.807) is 0 Å². The summed E-state index contributed by atoms with van der Waals surface area (Å²) in [6.45, 7) is 8.31. The van der Waals surface area contributed by atoms with E-state index in [9.17, 15) is 0 Å². The number of para-hydroxylation sites is 1. The number of nitrogens with zero attached hydrogens (tertiary/aromatic N) is 2. The maximum atomic E-state index is 6.26. The molecule has 148 valence electrons. The first-order valence-electron chi connectivity index (χ1n) is 10.4. The van der Waals surface area contributed by atoms with Gasteiger partial charge in [-0.3, -0.25) is 4.40 Å². The number of pyridine rings is 1. The average molecular weight is 394 g/mol. The molecule has 0 N–H and O–H groups in total. The number of hydrogen-bond donors (Lipinski definition) is 0. The van der Waals surface area contributed by atoms with Gasteiger partial charge in [-0.15, -0.1) is 0 Å². The number of aromatic nitrogens is 2. The normalized spacial score (nSPS) is 18.2. The zero-order chi connectivity index (χ0) is 20.7. The maximum Gasteiger partial charge on any atom is 0.494 e. The molecule has 0 unspecified atom stereocenters. The maximum absolute atomic E-state index is 6.26. The van der Waals surface area contributed by atoms with Gasteiger partial charge in [0.25, 0.3) is 0 Å². The minimum Gasteiger partial charge on any atom is -0.399 e. The smallest absolute Gasteiger partial charge is 0.399 e. The minimum atomic E-state index is -0.391. The van der Waals surface area contributed by atoms with Crippen LogP contribution in [0.2, 0.25) is 0 Å². The SMILES string of the molecule is CC1(C)OB(c2ccc3c(c2)nc2c4ccccc4c4ccccc4n32)OC1(C)C. The van der Waals surface area contributed by atoms with E-state index in [2.05, 4.69) is 98.8 Å². The Hall–Kier alpha value is -2.89. The lowest BCUT2D eigenvalue weighted by molar-refractivity contribution is 0.00578. The summed E-state index contributed by atoms with van der Waals surface area (Å²) in [5.41, 5.74) is 4.45. The van der Waals surface area contributed by atoms with Gasteiger partial charge < -0.3 is 9.31 Å². The highest BCUT2D eigenvalue weighted by atomic mass is 16.7. The molecule has 0 aliphatic carbocycles. The van der Waals surface area contributed by atoms with Crippen molar-refractivity contribution < 1.29 is 9.31 Å². The molecule has 2 aromatic heterocycles. The fourth-order valence-electron chi connectivity index (χ4n) is 4.46. The van der Waals surface area contributed by atoms with E-state index in [0.29, 0.717) is 0 Å². The minimum absolute atomic E-state index is 0.363. The molecule has 6 rings (SSSR count). The van der Waals surface area contributed by atoms with Crippen molar-refractivity contribution in [2.75, 3.05) is 0 Å². The second-order valence-corrected chi connectivity index (χ2v) is 9.17. The summed E-state index contributed by atoms with van der Waals surface area (Å²) < 4.78 is 14.8. The Kier molecular flexibility index (Phi) is 3.49. The predicted molar refractivity (Wildman–Crippen MR) is 123 cm³/mol. The van der Waals surface area contributed by atoms with Crippen LogP contribution < -0.4 is 5.46 Å². The third-order valence-electron chi connectivity index (χ3n) is 6.81. The van der Waals surface area contributed by atoms with Gasteiger partial charge in [0.15, 0.2) is 0 Å². The van der Waals surface area contributed by atoms with Crippen LogP contribution in [0.4, 0.5) is 0 Å². The molecule has 1 fully saturated rings. The van der Waals surface area contributed by atoms with E-state index < -0.39 is 7.12 Å². The lowest BCUT2D eigenvalue weighted by Gasteiger charge is -2.32. The Morgan fingerprint density at radius 3 is 2.10 bits per heavy atom. The summed E-state index contributed by atoms with van der Waals surface area (Å²) in [5, 5.41) is 3.61. The second kappa shape index (κ2) is 5.84. The summed E-state index contributed by atoms with van der Waals surface area (Å²) in [6, 6.07) is 23.4. The molecule has 0 atom stereocenters. The molecule has 3 heterocycles. The van der Waals surface area contributed by atoms with Gasteiger partial charge in [-0.25, -0.2) is 4.98 Å². The van der Waals surface area contributed by atoms with Crippen LogP contribution in [0.25, 0.3) is 38.4 Å². The van der Waals surface area contributed by atoms with Gasteiger partial charge in [-0.1, -0.05) is 48.5 Å². The van der Waals surface area contributed by atoms with E-state index in [1.165, 1.54) is 10.8 Å². The fraction of sp³-hybridized carbons (Fsp3) is 0.240. The zero-order valence-electron chi connectivity index (χ0n) is 17.6. The second-order valence-electron chi connectivity index (χ2n) is 9.17. The van der Waals surface area contributed by atoms with Crippen LogP contribution in [0, 0.1) is 0 Å². The molecule has 5 aromatic rings. The first-order valence-corrected chi connectivity index (χ1v) is 10.4. The monoisotopic (exact) mass is 394 g/mol. The summed E-state index contributed by atoms with van der Waals surface area (Å²) in [7, 11) is -0.391. The number of fused-ring (bicyclic) bond motifs is 8. The van der Waals surface area contributed by atoms with E-state index in [-0.39, 0.29) is 11.2 Å². The Balaban J connectivity index is 1.63. The molecule has 1 aliphatic heterocycles. The highest BCUT2D eigenvalue weighted by Crippen LogP contribution is 2.37. The average Bonchev–Trinajstić information content (AvgIpc) is 3.22. The van der Waals surface area contributed by atoms with E-state index in [1.807, 2.05) is 0 Å². The molecular formula is C25H23BN2O2. The van der Waals surface area contributed by atoms with Crippen LogP contribution in [0.3, 0.4) is 0 Å². The van der Waals surface area contributed by atoms with Crippen molar-refractivity contribution in [2.24, 2.45) is 0 Å². The molecule has 3 aromatic carbocycles. The number of benzene rings is 3. The lowest BCUT2D eigenvalue weighted by atomic mass is 9.79. The van der Waals surface area contributed by atoms with Crippen LogP contribution in [0.15, 0.2) is 66.7 Å². The Morgan fingerprint density at radius 2 is 1.37 bits per heavy atom. The van der Waals surface area contributed by atoms with Gasteiger partial charge in [0.1, 0.15) is 5.65 Å². The number of hydrogen-bond acceptors (Lipinski definition) is 3. The largest absolute Gasteiger partial charge is 0.494 e. The van der Waals surface area contributed by atoms with Crippen LogP contribution in [0.5, 0.6) is 0 Å². The Labute approximate surface area is 175 Å². The highest BCUT2D eigenvalue weighted by Gasteiger charge is 2.51.